The molecule has 1 aliphatic heterocycles. The molecule has 2 aliphatic rings. The highest BCUT2D eigenvalue weighted by molar-refractivity contribution is 5.80. The van der Waals surface area contributed by atoms with Gasteiger partial charge in [0, 0.05) is 30.5 Å². The van der Waals surface area contributed by atoms with Crippen LogP contribution < -0.4 is 5.43 Å². The summed E-state index contributed by atoms with van der Waals surface area (Å²) in [7, 11) is 0. The predicted molar refractivity (Wildman–Crippen MR) is 52.3 cm³/mol. The van der Waals surface area contributed by atoms with Crippen molar-refractivity contribution < 1.29 is 9.90 Å². The summed E-state index contributed by atoms with van der Waals surface area (Å²) < 4.78 is 0. The largest absolute Gasteiger partial charge is 0.396 e. The van der Waals surface area contributed by atoms with Crippen LogP contribution in [0, 0.1) is 5.41 Å². The summed E-state index contributed by atoms with van der Waals surface area (Å²) in [6, 6.07) is 0. The Hall–Kier alpha value is -0.610. The maximum atomic E-state index is 11.6. The van der Waals surface area contributed by atoms with E-state index in [-0.39, 0.29) is 23.5 Å². The minimum atomic E-state index is -0.219. The molecule has 2 fully saturated rings. The first-order chi connectivity index (χ1) is 6.46. The normalized spacial score (nSPS) is 24.8. The molecule has 1 aliphatic carbocycles. The average Bonchev–Trinajstić information content (AvgIpc) is 2.76. The fraction of sp³-hybridized carbons (Fsp3) is 0.900. The summed E-state index contributed by atoms with van der Waals surface area (Å²) in [5.74, 6) is 0.170. The van der Waals surface area contributed by atoms with Crippen molar-refractivity contribution >= 4 is 5.91 Å². The molecule has 2 rings (SSSR count). The number of hydrogen-bond donors (Lipinski definition) is 2. The van der Waals surface area contributed by atoms with Crippen LogP contribution in [0.1, 0.15) is 33.1 Å². The summed E-state index contributed by atoms with van der Waals surface area (Å²) >= 11 is 0. The zero-order valence-electron chi connectivity index (χ0n) is 8.84. The number of carbonyl (C=O) groups excluding carboxylic acids is 1. The van der Waals surface area contributed by atoms with Gasteiger partial charge in [-0.1, -0.05) is 13.8 Å². The summed E-state index contributed by atoms with van der Waals surface area (Å²) in [6.07, 6.45) is 2.85. The molecule has 2 N–H and O–H groups in total. The second-order valence-electron chi connectivity index (χ2n) is 5.37. The van der Waals surface area contributed by atoms with Gasteiger partial charge in [-0.3, -0.25) is 9.80 Å². The standard InChI is InChI=1S/C10H18N2O2/c1-9(2,7-13)6-12-8(14)5-10(11-12)3-4-10/h11,13H,3-7H2,1-2H3. The summed E-state index contributed by atoms with van der Waals surface area (Å²) in [4.78, 5) is 11.6. The quantitative estimate of drug-likeness (QED) is 0.684. The van der Waals surface area contributed by atoms with E-state index in [1.54, 1.807) is 5.01 Å². The zero-order chi connectivity index (χ0) is 10.4. The molecule has 4 nitrogen and oxygen atoms in total. The van der Waals surface area contributed by atoms with E-state index in [1.165, 1.54) is 0 Å². The summed E-state index contributed by atoms with van der Waals surface area (Å²) in [5, 5.41) is 10.8. The van der Waals surface area contributed by atoms with Gasteiger partial charge in [0.15, 0.2) is 0 Å². The Labute approximate surface area is 84.2 Å². The van der Waals surface area contributed by atoms with Crippen molar-refractivity contribution in [3.63, 3.8) is 0 Å². The number of amides is 1. The van der Waals surface area contributed by atoms with Gasteiger partial charge in [-0.2, -0.15) is 0 Å². The first-order valence-corrected chi connectivity index (χ1v) is 5.16. The van der Waals surface area contributed by atoms with Crippen LogP contribution in [0.5, 0.6) is 0 Å². The number of nitrogens with zero attached hydrogens (tertiary/aromatic N) is 1. The van der Waals surface area contributed by atoms with E-state index in [1.807, 2.05) is 13.8 Å². The van der Waals surface area contributed by atoms with E-state index >= 15 is 0 Å². The number of aliphatic hydroxyl groups is 1. The van der Waals surface area contributed by atoms with Gasteiger partial charge in [0.05, 0.1) is 0 Å². The van der Waals surface area contributed by atoms with Crippen LogP contribution in [-0.2, 0) is 4.79 Å². The monoisotopic (exact) mass is 198 g/mol. The van der Waals surface area contributed by atoms with Gasteiger partial charge in [0.2, 0.25) is 5.91 Å². The SMILES string of the molecule is CC(C)(CO)CN1NC2(CC2)CC1=O. The third-order valence-electron chi connectivity index (χ3n) is 3.03. The van der Waals surface area contributed by atoms with Crippen LogP contribution in [0.25, 0.3) is 0 Å². The first-order valence-electron chi connectivity index (χ1n) is 5.16. The maximum absolute atomic E-state index is 11.6. The maximum Gasteiger partial charge on any atom is 0.238 e. The minimum Gasteiger partial charge on any atom is -0.396 e. The van der Waals surface area contributed by atoms with Crippen molar-refractivity contribution in [2.75, 3.05) is 13.2 Å². The molecule has 0 aromatic rings. The molecule has 0 aromatic heterocycles. The number of nitrogens with one attached hydrogen (secondary N) is 1. The summed E-state index contributed by atoms with van der Waals surface area (Å²) in [6.45, 7) is 4.61. The average molecular weight is 198 g/mol. The topological polar surface area (TPSA) is 52.6 Å². The highest BCUT2D eigenvalue weighted by Gasteiger charge is 2.52. The van der Waals surface area contributed by atoms with Crippen LogP contribution in [-0.4, -0.2) is 34.7 Å². The highest BCUT2D eigenvalue weighted by atomic mass is 16.3. The van der Waals surface area contributed by atoms with Gasteiger partial charge in [0.1, 0.15) is 0 Å². The van der Waals surface area contributed by atoms with Gasteiger partial charge >= 0.3 is 0 Å². The Morgan fingerprint density at radius 2 is 2.21 bits per heavy atom. The summed E-state index contributed by atoms with van der Waals surface area (Å²) in [5.41, 5.74) is 3.13. The molecule has 4 heteroatoms. The Bertz CT molecular complexity index is 259. The Morgan fingerprint density at radius 3 is 2.64 bits per heavy atom. The molecule has 80 valence electrons. The van der Waals surface area contributed by atoms with Crippen molar-refractivity contribution in [3.8, 4) is 0 Å². The van der Waals surface area contributed by atoms with Crippen molar-refractivity contribution in [1.29, 1.82) is 0 Å². The lowest BCUT2D eigenvalue weighted by atomic mass is 9.95. The van der Waals surface area contributed by atoms with Gasteiger partial charge < -0.3 is 5.11 Å². The van der Waals surface area contributed by atoms with Crippen LogP contribution in [0.15, 0.2) is 0 Å². The van der Waals surface area contributed by atoms with E-state index in [0.717, 1.165) is 12.8 Å². The number of aliphatic hydroxyl groups excluding tert-OH is 1. The van der Waals surface area contributed by atoms with Crippen molar-refractivity contribution in [2.24, 2.45) is 5.41 Å². The number of hydrazine groups is 1. The second kappa shape index (κ2) is 2.94. The molecule has 1 heterocycles. The smallest absolute Gasteiger partial charge is 0.238 e. The second-order valence-corrected chi connectivity index (χ2v) is 5.37. The van der Waals surface area contributed by atoms with Crippen LogP contribution in [0.2, 0.25) is 0 Å². The molecule has 0 radical (unpaired) electrons. The Morgan fingerprint density at radius 1 is 1.57 bits per heavy atom. The Balaban J connectivity index is 1.96. The van der Waals surface area contributed by atoms with Crippen LogP contribution >= 0.6 is 0 Å². The Kier molecular flexibility index (Phi) is 2.08. The van der Waals surface area contributed by atoms with Gasteiger partial charge in [-0.25, -0.2) is 5.43 Å². The molecule has 0 bridgehead atoms. The lowest BCUT2D eigenvalue weighted by Crippen LogP contribution is -2.45. The van der Waals surface area contributed by atoms with Crippen LogP contribution in [0.4, 0.5) is 0 Å². The van der Waals surface area contributed by atoms with Gasteiger partial charge in [0.25, 0.3) is 0 Å². The molecule has 0 unspecified atom stereocenters. The fourth-order valence-corrected chi connectivity index (χ4v) is 1.82. The zero-order valence-corrected chi connectivity index (χ0v) is 8.84. The molecule has 1 spiro atoms. The van der Waals surface area contributed by atoms with Gasteiger partial charge in [-0.05, 0) is 12.8 Å². The van der Waals surface area contributed by atoms with Crippen molar-refractivity contribution in [1.82, 2.24) is 10.4 Å². The fourth-order valence-electron chi connectivity index (χ4n) is 1.82. The van der Waals surface area contributed by atoms with E-state index in [2.05, 4.69) is 5.43 Å². The van der Waals surface area contributed by atoms with Gasteiger partial charge in [-0.15, -0.1) is 0 Å². The molecule has 1 saturated carbocycles. The molecule has 14 heavy (non-hydrogen) atoms. The minimum absolute atomic E-state index is 0.0998. The van der Waals surface area contributed by atoms with E-state index < -0.39 is 0 Å². The third-order valence-corrected chi connectivity index (χ3v) is 3.03. The molecule has 0 atom stereocenters. The van der Waals surface area contributed by atoms with E-state index in [4.69, 9.17) is 5.11 Å². The van der Waals surface area contributed by atoms with Crippen molar-refractivity contribution in [2.45, 2.75) is 38.6 Å². The first kappa shape index (κ1) is 9.93. The predicted octanol–water partition coefficient (Wildman–Crippen LogP) is 0.274. The lowest BCUT2D eigenvalue weighted by molar-refractivity contribution is -0.131. The number of carbonyl (C=O) groups is 1. The van der Waals surface area contributed by atoms with Crippen molar-refractivity contribution in [3.05, 3.63) is 0 Å². The molecule has 1 amide bonds. The lowest BCUT2D eigenvalue weighted by Gasteiger charge is -2.28. The molecule has 1 saturated heterocycles. The number of rotatable bonds is 3. The highest BCUT2D eigenvalue weighted by Crippen LogP contribution is 2.43. The third kappa shape index (κ3) is 1.77. The van der Waals surface area contributed by atoms with E-state index in [9.17, 15) is 4.79 Å². The van der Waals surface area contributed by atoms with E-state index in [0.29, 0.717) is 13.0 Å². The molecular weight excluding hydrogens is 180 g/mol. The molecular formula is C10H18N2O2. The molecule has 0 aromatic carbocycles. The number of hydrogen-bond acceptors (Lipinski definition) is 3. The van der Waals surface area contributed by atoms with Crippen LogP contribution in [0.3, 0.4) is 0 Å².